The van der Waals surface area contributed by atoms with E-state index in [9.17, 15) is 14.0 Å². The summed E-state index contributed by atoms with van der Waals surface area (Å²) in [6.07, 6.45) is 1.08. The van der Waals surface area contributed by atoms with Gasteiger partial charge in [-0.2, -0.15) is 0 Å². The van der Waals surface area contributed by atoms with Gasteiger partial charge in [0.15, 0.2) is 0 Å². The standard InChI is InChI=1S/C20H27BFNO5/c1-19(2)20(3,4)28-21(27-19)15-10-14(11-16(22)12-15)17(24)23-8-6-13(7-9-23)18(25)26-5/h10-13H,6-9H2,1-5H3. The molecule has 1 aromatic rings. The number of rotatable bonds is 3. The molecular formula is C20H27BFNO5. The van der Waals surface area contributed by atoms with Crippen LogP contribution in [0.25, 0.3) is 0 Å². The zero-order valence-electron chi connectivity index (χ0n) is 17.1. The van der Waals surface area contributed by atoms with E-state index in [2.05, 4.69) is 0 Å². The Balaban J connectivity index is 1.75. The van der Waals surface area contributed by atoms with Crippen molar-refractivity contribution in [3.05, 3.63) is 29.6 Å². The fourth-order valence-electron chi connectivity index (χ4n) is 3.52. The van der Waals surface area contributed by atoms with Crippen LogP contribution in [0.5, 0.6) is 0 Å². The number of methoxy groups -OCH3 is 1. The number of halogens is 1. The number of piperidine rings is 1. The van der Waals surface area contributed by atoms with Crippen LogP contribution in [0.3, 0.4) is 0 Å². The van der Waals surface area contributed by atoms with Crippen LogP contribution in [0.2, 0.25) is 0 Å². The lowest BCUT2D eigenvalue weighted by atomic mass is 9.78. The molecule has 0 saturated carbocycles. The van der Waals surface area contributed by atoms with Crippen molar-refractivity contribution in [1.82, 2.24) is 4.90 Å². The van der Waals surface area contributed by atoms with Gasteiger partial charge in [-0.1, -0.05) is 0 Å². The SMILES string of the molecule is COC(=O)C1CCN(C(=O)c2cc(F)cc(B3OC(C)(C)C(C)(C)O3)c2)CC1. The van der Waals surface area contributed by atoms with E-state index in [1.165, 1.54) is 19.2 Å². The molecule has 2 aliphatic heterocycles. The molecule has 0 N–H and O–H groups in total. The molecule has 0 spiro atoms. The van der Waals surface area contributed by atoms with Crippen LogP contribution in [-0.4, -0.2) is 55.3 Å². The Bertz CT molecular complexity index is 758. The minimum atomic E-state index is -0.739. The maximum atomic E-state index is 14.3. The first-order valence-corrected chi connectivity index (χ1v) is 9.57. The number of likely N-dealkylation sites (tertiary alicyclic amines) is 1. The first-order chi connectivity index (χ1) is 13.0. The molecule has 0 aliphatic carbocycles. The lowest BCUT2D eigenvalue weighted by Crippen LogP contribution is -2.41. The summed E-state index contributed by atoms with van der Waals surface area (Å²) in [5.41, 5.74) is -0.374. The van der Waals surface area contributed by atoms with E-state index in [1.807, 2.05) is 27.7 Å². The van der Waals surface area contributed by atoms with Crippen LogP contribution in [0.4, 0.5) is 4.39 Å². The predicted molar refractivity (Wildman–Crippen MR) is 103 cm³/mol. The third-order valence-electron chi connectivity index (χ3n) is 6.01. The van der Waals surface area contributed by atoms with E-state index in [-0.39, 0.29) is 23.4 Å². The molecule has 0 radical (unpaired) electrons. The van der Waals surface area contributed by atoms with Gasteiger partial charge in [-0.15, -0.1) is 0 Å². The molecule has 6 nitrogen and oxygen atoms in total. The second-order valence-corrected chi connectivity index (χ2v) is 8.45. The maximum Gasteiger partial charge on any atom is 0.494 e. The van der Waals surface area contributed by atoms with Crippen LogP contribution in [0.15, 0.2) is 18.2 Å². The molecule has 2 saturated heterocycles. The van der Waals surface area contributed by atoms with E-state index in [1.54, 1.807) is 11.0 Å². The van der Waals surface area contributed by atoms with E-state index in [4.69, 9.17) is 14.0 Å². The van der Waals surface area contributed by atoms with Gasteiger partial charge in [-0.05, 0) is 64.2 Å². The Kier molecular flexibility index (Phi) is 5.56. The highest BCUT2D eigenvalue weighted by Gasteiger charge is 2.51. The molecule has 0 unspecified atom stereocenters. The van der Waals surface area contributed by atoms with Gasteiger partial charge in [-0.25, -0.2) is 4.39 Å². The third kappa shape index (κ3) is 3.94. The molecule has 28 heavy (non-hydrogen) atoms. The Morgan fingerprint density at radius 3 is 2.21 bits per heavy atom. The van der Waals surface area contributed by atoms with Gasteiger partial charge < -0.3 is 18.9 Å². The van der Waals surface area contributed by atoms with Crippen LogP contribution >= 0.6 is 0 Å². The summed E-state index contributed by atoms with van der Waals surface area (Å²) in [6.45, 7) is 8.54. The second kappa shape index (κ2) is 7.48. The highest BCUT2D eigenvalue weighted by atomic mass is 19.1. The molecule has 1 amide bonds. The molecular weight excluding hydrogens is 364 g/mol. The quantitative estimate of drug-likeness (QED) is 0.584. The number of benzene rings is 1. The van der Waals surface area contributed by atoms with Crippen LogP contribution in [0.1, 0.15) is 50.9 Å². The first-order valence-electron chi connectivity index (χ1n) is 9.57. The predicted octanol–water partition coefficient (Wildman–Crippen LogP) is 2.15. The zero-order chi connectivity index (χ0) is 20.7. The summed E-state index contributed by atoms with van der Waals surface area (Å²) < 4.78 is 31.0. The molecule has 0 bridgehead atoms. The normalized spacial score (nSPS) is 21.6. The van der Waals surface area contributed by atoms with E-state index >= 15 is 0 Å². The minimum absolute atomic E-state index is 0.193. The molecule has 2 aliphatic rings. The maximum absolute atomic E-state index is 14.3. The van der Waals surface area contributed by atoms with Gasteiger partial charge in [0.25, 0.3) is 5.91 Å². The van der Waals surface area contributed by atoms with Crippen molar-refractivity contribution in [3.63, 3.8) is 0 Å². The summed E-state index contributed by atoms with van der Waals surface area (Å²) in [5, 5.41) is 0. The molecule has 152 valence electrons. The number of hydrogen-bond acceptors (Lipinski definition) is 5. The molecule has 8 heteroatoms. The van der Waals surface area contributed by atoms with Crippen molar-refractivity contribution in [2.45, 2.75) is 51.7 Å². The van der Waals surface area contributed by atoms with E-state index < -0.39 is 24.1 Å². The number of nitrogens with zero attached hydrogens (tertiary/aromatic N) is 1. The molecule has 2 fully saturated rings. The Morgan fingerprint density at radius 1 is 1.11 bits per heavy atom. The minimum Gasteiger partial charge on any atom is -0.469 e. The number of hydrogen-bond donors (Lipinski definition) is 0. The number of amides is 1. The smallest absolute Gasteiger partial charge is 0.469 e. The molecule has 0 atom stereocenters. The van der Waals surface area contributed by atoms with Crippen molar-refractivity contribution in [3.8, 4) is 0 Å². The average Bonchev–Trinajstić information content (AvgIpc) is 2.87. The van der Waals surface area contributed by atoms with Crippen LogP contribution < -0.4 is 5.46 Å². The van der Waals surface area contributed by atoms with Gasteiger partial charge in [0, 0.05) is 18.7 Å². The Morgan fingerprint density at radius 2 is 1.68 bits per heavy atom. The van der Waals surface area contributed by atoms with Crippen molar-refractivity contribution in [1.29, 1.82) is 0 Å². The van der Waals surface area contributed by atoms with Gasteiger partial charge in [0.05, 0.1) is 24.2 Å². The summed E-state index contributed by atoms with van der Waals surface area (Å²) >= 11 is 0. The highest BCUT2D eigenvalue weighted by molar-refractivity contribution is 6.62. The summed E-state index contributed by atoms with van der Waals surface area (Å²) in [6, 6.07) is 4.19. The van der Waals surface area contributed by atoms with Crippen molar-refractivity contribution in [2.24, 2.45) is 5.92 Å². The van der Waals surface area contributed by atoms with Crippen LogP contribution in [-0.2, 0) is 18.8 Å². The third-order valence-corrected chi connectivity index (χ3v) is 6.01. The van der Waals surface area contributed by atoms with Crippen molar-refractivity contribution < 1.29 is 28.0 Å². The fourth-order valence-corrected chi connectivity index (χ4v) is 3.52. The number of carbonyl (C=O) groups is 2. The Labute approximate surface area is 165 Å². The van der Waals surface area contributed by atoms with Crippen LogP contribution in [0, 0.1) is 11.7 Å². The monoisotopic (exact) mass is 391 g/mol. The summed E-state index contributed by atoms with van der Waals surface area (Å²) in [5.74, 6) is -1.22. The van der Waals surface area contributed by atoms with Crippen molar-refractivity contribution in [2.75, 3.05) is 20.2 Å². The topological polar surface area (TPSA) is 65.1 Å². The summed E-state index contributed by atoms with van der Waals surface area (Å²) in [4.78, 5) is 26.2. The first kappa shape index (κ1) is 20.8. The highest BCUT2D eigenvalue weighted by Crippen LogP contribution is 2.36. The number of esters is 1. The number of carbonyl (C=O) groups excluding carboxylic acids is 2. The number of ether oxygens (including phenoxy) is 1. The zero-order valence-corrected chi connectivity index (χ0v) is 17.1. The summed E-state index contributed by atoms with van der Waals surface area (Å²) in [7, 11) is 0.626. The Hall–Kier alpha value is -1.93. The lowest BCUT2D eigenvalue weighted by Gasteiger charge is -2.32. The molecule has 3 rings (SSSR count). The van der Waals surface area contributed by atoms with Gasteiger partial charge in [-0.3, -0.25) is 9.59 Å². The largest absolute Gasteiger partial charge is 0.494 e. The van der Waals surface area contributed by atoms with E-state index in [0.29, 0.717) is 31.4 Å². The molecule has 0 aromatic heterocycles. The average molecular weight is 391 g/mol. The van der Waals surface area contributed by atoms with Gasteiger partial charge in [0.2, 0.25) is 0 Å². The molecule has 1 aromatic carbocycles. The van der Waals surface area contributed by atoms with Gasteiger partial charge in [0.1, 0.15) is 5.82 Å². The van der Waals surface area contributed by atoms with Gasteiger partial charge >= 0.3 is 13.1 Å². The lowest BCUT2D eigenvalue weighted by molar-refractivity contribution is -0.146. The van der Waals surface area contributed by atoms with Crippen molar-refractivity contribution >= 4 is 24.5 Å². The second-order valence-electron chi connectivity index (χ2n) is 8.45. The molecule has 2 heterocycles. The fraction of sp³-hybridized carbons (Fsp3) is 0.600. The van der Waals surface area contributed by atoms with E-state index in [0.717, 1.165) is 0 Å².